The average Bonchev–Trinajstić information content (AvgIpc) is 3.54. The molecule has 8 nitrogen and oxygen atoms in total. The molecule has 1 atom stereocenters. The van der Waals surface area contributed by atoms with E-state index in [9.17, 15) is 13.2 Å². The summed E-state index contributed by atoms with van der Waals surface area (Å²) >= 11 is 0. The van der Waals surface area contributed by atoms with Crippen LogP contribution in [0.1, 0.15) is 31.2 Å². The highest BCUT2D eigenvalue weighted by molar-refractivity contribution is 7.91. The second-order valence-corrected chi connectivity index (χ2v) is 10.4. The standard InChI is InChI=1S/C24H28N2O6S/c27-14-4-15-31-20-11-7-18(8-12-20)22-26-24(17-32-22,23(28)25-19-9-10-19)13-16-33(29,30)21-5-2-1-3-6-21/h1-3,5-8,11-12,19,27H,4,9-10,13-17H2,(H,25,28)/t24-/m1/s1. The van der Waals surface area contributed by atoms with Gasteiger partial charge in [-0.15, -0.1) is 0 Å². The van der Waals surface area contributed by atoms with Gasteiger partial charge in [0, 0.05) is 24.6 Å². The number of rotatable bonds is 11. The van der Waals surface area contributed by atoms with Crippen molar-refractivity contribution in [3.63, 3.8) is 0 Å². The van der Waals surface area contributed by atoms with Crippen molar-refractivity contribution in [1.82, 2.24) is 5.32 Å². The molecule has 2 N–H and O–H groups in total. The minimum atomic E-state index is -3.57. The molecule has 0 unspecified atom stereocenters. The smallest absolute Gasteiger partial charge is 0.251 e. The van der Waals surface area contributed by atoms with Crippen molar-refractivity contribution in [3.05, 3.63) is 60.2 Å². The summed E-state index contributed by atoms with van der Waals surface area (Å²) in [4.78, 5) is 18.0. The molecule has 1 aliphatic carbocycles. The summed E-state index contributed by atoms with van der Waals surface area (Å²) in [7, 11) is -3.57. The molecule has 1 amide bonds. The van der Waals surface area contributed by atoms with Crippen LogP contribution in [0.15, 0.2) is 64.5 Å². The quantitative estimate of drug-likeness (QED) is 0.484. The van der Waals surface area contributed by atoms with E-state index in [1.807, 2.05) is 0 Å². The molecule has 2 aliphatic rings. The lowest BCUT2D eigenvalue weighted by Gasteiger charge is -2.23. The largest absolute Gasteiger partial charge is 0.494 e. The SMILES string of the molecule is O=C(NC1CC1)[C@@]1(CCS(=O)(=O)c2ccccc2)COC(c2ccc(OCCCO)cc2)=N1. The van der Waals surface area contributed by atoms with Crippen molar-refractivity contribution in [2.45, 2.75) is 42.2 Å². The maximum absolute atomic E-state index is 13.1. The third-order valence-electron chi connectivity index (χ3n) is 5.66. The number of ether oxygens (including phenoxy) is 2. The number of carbonyl (C=O) groups is 1. The van der Waals surface area contributed by atoms with Crippen LogP contribution >= 0.6 is 0 Å². The Kier molecular flexibility index (Phi) is 6.99. The molecule has 1 saturated carbocycles. The highest BCUT2D eigenvalue weighted by Gasteiger charge is 2.46. The number of amides is 1. The molecule has 0 spiro atoms. The van der Waals surface area contributed by atoms with Crippen LogP contribution in [0.25, 0.3) is 0 Å². The number of hydrogen-bond donors (Lipinski definition) is 2. The average molecular weight is 473 g/mol. The van der Waals surface area contributed by atoms with Crippen molar-refractivity contribution in [3.8, 4) is 5.75 Å². The van der Waals surface area contributed by atoms with Gasteiger partial charge in [-0.05, 0) is 55.7 Å². The maximum Gasteiger partial charge on any atom is 0.251 e. The number of benzene rings is 2. The van der Waals surface area contributed by atoms with Crippen LogP contribution in [0.5, 0.6) is 5.75 Å². The second-order valence-electron chi connectivity index (χ2n) is 8.32. The van der Waals surface area contributed by atoms with Crippen molar-refractivity contribution in [2.24, 2.45) is 4.99 Å². The fourth-order valence-electron chi connectivity index (χ4n) is 3.50. The molecule has 0 saturated heterocycles. The zero-order chi connectivity index (χ0) is 23.3. The van der Waals surface area contributed by atoms with E-state index >= 15 is 0 Å². The molecule has 1 heterocycles. The van der Waals surface area contributed by atoms with E-state index in [1.165, 1.54) is 0 Å². The van der Waals surface area contributed by atoms with Crippen LogP contribution in [-0.4, -0.2) is 62.5 Å². The Balaban J connectivity index is 1.52. The van der Waals surface area contributed by atoms with E-state index < -0.39 is 15.4 Å². The Morgan fingerprint density at radius 3 is 2.55 bits per heavy atom. The fourth-order valence-corrected chi connectivity index (χ4v) is 4.91. The van der Waals surface area contributed by atoms with E-state index in [2.05, 4.69) is 10.3 Å². The third kappa shape index (κ3) is 5.72. The minimum absolute atomic E-state index is 0.0139. The molecule has 4 rings (SSSR count). The summed E-state index contributed by atoms with van der Waals surface area (Å²) in [5.74, 6) is 0.442. The van der Waals surface area contributed by atoms with Crippen LogP contribution in [0.2, 0.25) is 0 Å². The van der Waals surface area contributed by atoms with Gasteiger partial charge in [-0.2, -0.15) is 0 Å². The normalized spacial score (nSPS) is 20.1. The number of nitrogens with zero attached hydrogens (tertiary/aromatic N) is 1. The molecular weight excluding hydrogens is 444 g/mol. The first-order valence-electron chi connectivity index (χ1n) is 11.1. The zero-order valence-electron chi connectivity index (χ0n) is 18.3. The minimum Gasteiger partial charge on any atom is -0.494 e. The number of aliphatic hydroxyl groups is 1. The lowest BCUT2D eigenvalue weighted by atomic mass is 9.97. The van der Waals surface area contributed by atoms with Crippen molar-refractivity contribution in [1.29, 1.82) is 0 Å². The van der Waals surface area contributed by atoms with E-state index in [0.29, 0.717) is 30.2 Å². The van der Waals surface area contributed by atoms with E-state index in [0.717, 1.165) is 12.8 Å². The number of sulfone groups is 1. The first-order valence-corrected chi connectivity index (χ1v) is 12.7. The summed E-state index contributed by atoms with van der Waals surface area (Å²) in [6.45, 7) is 0.460. The van der Waals surface area contributed by atoms with E-state index in [-0.39, 0.29) is 42.2 Å². The van der Waals surface area contributed by atoms with Crippen molar-refractivity contribution in [2.75, 3.05) is 25.6 Å². The highest BCUT2D eigenvalue weighted by atomic mass is 32.2. The van der Waals surface area contributed by atoms with Crippen LogP contribution < -0.4 is 10.1 Å². The van der Waals surface area contributed by atoms with Gasteiger partial charge < -0.3 is 19.9 Å². The Hall–Kier alpha value is -2.91. The summed E-state index contributed by atoms with van der Waals surface area (Å²) in [5.41, 5.74) is -0.618. The van der Waals surface area contributed by atoms with Crippen molar-refractivity contribution >= 4 is 21.6 Å². The Labute approximate surface area is 193 Å². The van der Waals surface area contributed by atoms with Crippen LogP contribution in [0, 0.1) is 0 Å². The van der Waals surface area contributed by atoms with Crippen molar-refractivity contribution < 1.29 is 27.8 Å². The Bertz CT molecular complexity index is 1100. The Morgan fingerprint density at radius 2 is 1.88 bits per heavy atom. The van der Waals surface area contributed by atoms with Crippen LogP contribution in [-0.2, 0) is 19.4 Å². The fraction of sp³-hybridized carbons (Fsp3) is 0.417. The summed E-state index contributed by atoms with van der Waals surface area (Å²) in [5, 5.41) is 11.8. The lowest BCUT2D eigenvalue weighted by molar-refractivity contribution is -0.126. The molecule has 176 valence electrons. The molecule has 2 aromatic carbocycles. The zero-order valence-corrected chi connectivity index (χ0v) is 19.1. The molecule has 0 aromatic heterocycles. The monoisotopic (exact) mass is 472 g/mol. The van der Waals surface area contributed by atoms with Gasteiger partial charge in [-0.1, -0.05) is 18.2 Å². The van der Waals surface area contributed by atoms with Gasteiger partial charge in [0.1, 0.15) is 12.4 Å². The number of hydrogen-bond acceptors (Lipinski definition) is 7. The Morgan fingerprint density at radius 1 is 1.15 bits per heavy atom. The first-order chi connectivity index (χ1) is 15.9. The lowest BCUT2D eigenvalue weighted by Crippen LogP contribution is -2.48. The van der Waals surface area contributed by atoms with E-state index in [4.69, 9.17) is 14.6 Å². The van der Waals surface area contributed by atoms with Gasteiger partial charge in [0.15, 0.2) is 15.4 Å². The molecule has 33 heavy (non-hydrogen) atoms. The van der Waals surface area contributed by atoms with Gasteiger partial charge in [0.05, 0.1) is 17.3 Å². The molecule has 0 bridgehead atoms. The summed E-state index contributed by atoms with van der Waals surface area (Å²) in [6, 6.07) is 15.4. The maximum atomic E-state index is 13.1. The van der Waals surface area contributed by atoms with Crippen LogP contribution in [0.3, 0.4) is 0 Å². The third-order valence-corrected chi connectivity index (χ3v) is 7.39. The number of carbonyl (C=O) groups excluding carboxylic acids is 1. The first kappa shape index (κ1) is 23.3. The number of nitrogens with one attached hydrogen (secondary N) is 1. The summed E-state index contributed by atoms with van der Waals surface area (Å²) < 4.78 is 37.0. The topological polar surface area (TPSA) is 114 Å². The predicted octanol–water partition coefficient (Wildman–Crippen LogP) is 2.11. The van der Waals surface area contributed by atoms with Crippen LogP contribution in [0.4, 0.5) is 0 Å². The number of aliphatic hydroxyl groups excluding tert-OH is 1. The van der Waals surface area contributed by atoms with Gasteiger partial charge in [-0.25, -0.2) is 13.4 Å². The highest BCUT2D eigenvalue weighted by Crippen LogP contribution is 2.30. The molecular formula is C24H28N2O6S. The van der Waals surface area contributed by atoms with Gasteiger partial charge in [-0.3, -0.25) is 4.79 Å². The molecule has 1 aliphatic heterocycles. The predicted molar refractivity (Wildman–Crippen MR) is 123 cm³/mol. The van der Waals surface area contributed by atoms with Gasteiger partial charge >= 0.3 is 0 Å². The molecule has 1 fully saturated rings. The second kappa shape index (κ2) is 9.93. The van der Waals surface area contributed by atoms with E-state index in [1.54, 1.807) is 54.6 Å². The molecule has 0 radical (unpaired) electrons. The van der Waals surface area contributed by atoms with Gasteiger partial charge in [0.25, 0.3) is 5.91 Å². The number of aliphatic imine (C=N–C) groups is 1. The van der Waals surface area contributed by atoms with Gasteiger partial charge in [0.2, 0.25) is 5.90 Å². The molecule has 2 aromatic rings. The summed E-state index contributed by atoms with van der Waals surface area (Å²) in [6.07, 6.45) is 2.40. The molecule has 9 heteroatoms.